The van der Waals surface area contributed by atoms with E-state index >= 15 is 0 Å². The van der Waals surface area contributed by atoms with Gasteiger partial charge in [0.25, 0.3) is 5.56 Å². The van der Waals surface area contributed by atoms with Crippen LogP contribution in [0.15, 0.2) is 17.1 Å². The number of alkyl halides is 3. The van der Waals surface area contributed by atoms with E-state index in [1.165, 1.54) is 7.05 Å². The highest BCUT2D eigenvalue weighted by Crippen LogP contribution is 2.29. The molecule has 20 heavy (non-hydrogen) atoms. The first-order valence-electron chi connectivity index (χ1n) is 5.68. The van der Waals surface area contributed by atoms with Crippen LogP contribution in [0, 0.1) is 0 Å². The fraction of sp³-hybridized carbons (Fsp3) is 0.364. The molecule has 0 aliphatic rings. The minimum atomic E-state index is -4.62. The Kier molecular flexibility index (Phi) is 3.28. The molecule has 2 heterocycles. The van der Waals surface area contributed by atoms with Gasteiger partial charge in [-0.15, -0.1) is 0 Å². The third-order valence-corrected chi connectivity index (χ3v) is 2.71. The van der Waals surface area contributed by atoms with E-state index in [9.17, 15) is 23.1 Å². The number of hydrogen-bond acceptors (Lipinski definition) is 4. The SMILES string of the molecule is CCc1nn(C)c(=O)c(-n2ccc(C(F)(F)F)n2)c1O. The second kappa shape index (κ2) is 4.66. The van der Waals surface area contributed by atoms with Gasteiger partial charge >= 0.3 is 6.18 Å². The van der Waals surface area contributed by atoms with Crippen LogP contribution in [0.3, 0.4) is 0 Å². The molecule has 9 heteroatoms. The first-order chi connectivity index (χ1) is 9.25. The van der Waals surface area contributed by atoms with Crippen LogP contribution in [0.2, 0.25) is 0 Å². The van der Waals surface area contributed by atoms with E-state index in [4.69, 9.17) is 0 Å². The minimum absolute atomic E-state index is 0.200. The van der Waals surface area contributed by atoms with Gasteiger partial charge < -0.3 is 5.11 Å². The van der Waals surface area contributed by atoms with Crippen molar-refractivity contribution in [2.24, 2.45) is 7.05 Å². The third kappa shape index (κ3) is 2.26. The maximum atomic E-state index is 12.5. The van der Waals surface area contributed by atoms with Crippen molar-refractivity contribution in [1.29, 1.82) is 0 Å². The predicted molar refractivity (Wildman–Crippen MR) is 62.6 cm³/mol. The minimum Gasteiger partial charge on any atom is -0.504 e. The molecule has 2 rings (SSSR count). The number of rotatable bonds is 2. The number of aryl methyl sites for hydroxylation is 2. The highest BCUT2D eigenvalue weighted by Gasteiger charge is 2.34. The number of halogens is 3. The molecule has 2 aromatic heterocycles. The van der Waals surface area contributed by atoms with Gasteiger partial charge in [-0.1, -0.05) is 6.92 Å². The Labute approximate surface area is 111 Å². The van der Waals surface area contributed by atoms with Gasteiger partial charge in [-0.3, -0.25) is 4.79 Å². The van der Waals surface area contributed by atoms with Crippen LogP contribution < -0.4 is 5.56 Å². The summed E-state index contributed by atoms with van der Waals surface area (Å²) in [4.78, 5) is 11.9. The van der Waals surface area contributed by atoms with Crippen molar-refractivity contribution < 1.29 is 18.3 Å². The summed E-state index contributed by atoms with van der Waals surface area (Å²) in [6, 6.07) is 0.727. The van der Waals surface area contributed by atoms with Crippen LogP contribution in [0.4, 0.5) is 13.2 Å². The van der Waals surface area contributed by atoms with Gasteiger partial charge in [0.2, 0.25) is 0 Å². The average molecular weight is 288 g/mol. The number of hydrogen-bond donors (Lipinski definition) is 1. The summed E-state index contributed by atoms with van der Waals surface area (Å²) in [6.07, 6.45) is -3.33. The van der Waals surface area contributed by atoms with Crippen molar-refractivity contribution in [3.05, 3.63) is 34.0 Å². The van der Waals surface area contributed by atoms with Crippen molar-refractivity contribution in [3.63, 3.8) is 0 Å². The van der Waals surface area contributed by atoms with Crippen LogP contribution in [0.1, 0.15) is 18.3 Å². The molecule has 0 bridgehead atoms. The van der Waals surface area contributed by atoms with E-state index in [0.29, 0.717) is 11.1 Å². The van der Waals surface area contributed by atoms with Gasteiger partial charge in [-0.25, -0.2) is 9.36 Å². The van der Waals surface area contributed by atoms with E-state index in [1.807, 2.05) is 0 Å². The molecule has 0 aromatic carbocycles. The molecule has 0 saturated carbocycles. The van der Waals surface area contributed by atoms with Gasteiger partial charge in [-0.2, -0.15) is 23.4 Å². The normalized spacial score (nSPS) is 11.8. The maximum absolute atomic E-state index is 12.5. The first-order valence-corrected chi connectivity index (χ1v) is 5.68. The monoisotopic (exact) mass is 288 g/mol. The molecular weight excluding hydrogens is 277 g/mol. The zero-order valence-corrected chi connectivity index (χ0v) is 10.6. The second-order valence-corrected chi connectivity index (χ2v) is 4.07. The largest absolute Gasteiger partial charge is 0.504 e. The van der Waals surface area contributed by atoms with E-state index in [1.54, 1.807) is 6.92 Å². The highest BCUT2D eigenvalue weighted by atomic mass is 19.4. The topological polar surface area (TPSA) is 72.9 Å². The molecule has 0 amide bonds. The summed E-state index contributed by atoms with van der Waals surface area (Å²) in [7, 11) is 1.35. The standard InChI is InChI=1S/C11H11F3N4O2/c1-3-6-9(19)8(10(20)17(2)15-6)18-5-4-7(16-18)11(12,13)14/h4-5,19H,3H2,1-2H3. The zero-order chi connectivity index (χ0) is 15.1. The molecule has 2 aromatic rings. The Morgan fingerprint density at radius 1 is 1.35 bits per heavy atom. The van der Waals surface area contributed by atoms with Crippen LogP contribution in [0.25, 0.3) is 5.69 Å². The Morgan fingerprint density at radius 3 is 2.50 bits per heavy atom. The average Bonchev–Trinajstić information content (AvgIpc) is 2.83. The van der Waals surface area contributed by atoms with Gasteiger partial charge in [-0.05, 0) is 12.5 Å². The molecule has 108 valence electrons. The third-order valence-electron chi connectivity index (χ3n) is 2.71. The lowest BCUT2D eigenvalue weighted by molar-refractivity contribution is -0.141. The summed E-state index contributed by atoms with van der Waals surface area (Å²) in [5.41, 5.74) is -2.04. The quantitative estimate of drug-likeness (QED) is 0.902. The molecule has 6 nitrogen and oxygen atoms in total. The number of aromatic nitrogens is 4. The molecule has 0 atom stereocenters. The molecule has 0 radical (unpaired) electrons. The van der Waals surface area contributed by atoms with Crippen LogP contribution in [0.5, 0.6) is 5.75 Å². The van der Waals surface area contributed by atoms with E-state index < -0.39 is 23.2 Å². The molecule has 0 aliphatic heterocycles. The summed E-state index contributed by atoms with van der Waals surface area (Å²) >= 11 is 0. The number of aromatic hydroxyl groups is 1. The van der Waals surface area contributed by atoms with Crippen molar-refractivity contribution in [3.8, 4) is 11.4 Å². The summed E-state index contributed by atoms with van der Waals surface area (Å²) in [6.45, 7) is 1.69. The van der Waals surface area contributed by atoms with Crippen LogP contribution in [-0.4, -0.2) is 24.7 Å². The summed E-state index contributed by atoms with van der Waals surface area (Å²) in [5, 5.41) is 17.0. The number of nitrogens with zero attached hydrogens (tertiary/aromatic N) is 4. The lowest BCUT2D eigenvalue weighted by atomic mass is 10.2. The molecule has 0 spiro atoms. The lowest BCUT2D eigenvalue weighted by Crippen LogP contribution is -2.26. The Balaban J connectivity index is 2.67. The molecule has 0 unspecified atom stereocenters. The zero-order valence-electron chi connectivity index (χ0n) is 10.6. The Hall–Kier alpha value is -2.32. The molecule has 1 N–H and O–H groups in total. The fourth-order valence-corrected chi connectivity index (χ4v) is 1.71. The van der Waals surface area contributed by atoms with Gasteiger partial charge in [0, 0.05) is 13.2 Å². The maximum Gasteiger partial charge on any atom is 0.435 e. The molecule has 0 saturated heterocycles. The fourth-order valence-electron chi connectivity index (χ4n) is 1.71. The van der Waals surface area contributed by atoms with Gasteiger partial charge in [0.1, 0.15) is 5.69 Å². The second-order valence-electron chi connectivity index (χ2n) is 4.07. The molecular formula is C11H11F3N4O2. The first kappa shape index (κ1) is 14.1. The van der Waals surface area contributed by atoms with E-state index in [2.05, 4.69) is 10.2 Å². The molecule has 0 aliphatic carbocycles. The van der Waals surface area contributed by atoms with Crippen molar-refractivity contribution in [2.45, 2.75) is 19.5 Å². The van der Waals surface area contributed by atoms with E-state index in [0.717, 1.165) is 16.9 Å². The molecule has 0 fully saturated rings. The Morgan fingerprint density at radius 2 is 2.00 bits per heavy atom. The lowest BCUT2D eigenvalue weighted by Gasteiger charge is -2.09. The van der Waals surface area contributed by atoms with Crippen molar-refractivity contribution >= 4 is 0 Å². The van der Waals surface area contributed by atoms with Crippen LogP contribution >= 0.6 is 0 Å². The highest BCUT2D eigenvalue weighted by molar-refractivity contribution is 5.45. The summed E-state index contributed by atoms with van der Waals surface area (Å²) in [5.74, 6) is -0.465. The van der Waals surface area contributed by atoms with Gasteiger partial charge in [0.15, 0.2) is 17.1 Å². The van der Waals surface area contributed by atoms with Crippen LogP contribution in [-0.2, 0) is 19.6 Å². The Bertz CT molecular complexity index is 703. The summed E-state index contributed by atoms with van der Waals surface area (Å²) < 4.78 is 39.2. The smallest absolute Gasteiger partial charge is 0.435 e. The van der Waals surface area contributed by atoms with Crippen molar-refractivity contribution in [2.75, 3.05) is 0 Å². The predicted octanol–water partition coefficient (Wildman–Crippen LogP) is 1.25. The van der Waals surface area contributed by atoms with E-state index in [-0.39, 0.29) is 11.4 Å². The van der Waals surface area contributed by atoms with Crippen molar-refractivity contribution in [1.82, 2.24) is 19.6 Å². The van der Waals surface area contributed by atoms with Gasteiger partial charge in [0.05, 0.1) is 0 Å².